The third-order valence-electron chi connectivity index (χ3n) is 5.96. The molecule has 1 saturated heterocycles. The number of nitrogens with zero attached hydrogens (tertiary/aromatic N) is 1. The number of nitrogens with one attached hydrogen (secondary N) is 1. The number of anilines is 1. The van der Waals surface area contributed by atoms with Gasteiger partial charge in [-0.05, 0) is 36.5 Å². The Bertz CT molecular complexity index is 780. The number of hydrogen-bond acceptors (Lipinski definition) is 3. The zero-order valence-corrected chi connectivity index (χ0v) is 13.6. The van der Waals surface area contributed by atoms with Crippen molar-refractivity contribution in [3.63, 3.8) is 0 Å². The molecule has 1 aromatic rings. The van der Waals surface area contributed by atoms with E-state index in [-0.39, 0.29) is 30.7 Å². The van der Waals surface area contributed by atoms with Gasteiger partial charge < -0.3 is 15.3 Å². The first-order valence-electron chi connectivity index (χ1n) is 8.52. The van der Waals surface area contributed by atoms with E-state index in [1.54, 1.807) is 4.90 Å². The number of carboxylic acids is 1. The van der Waals surface area contributed by atoms with E-state index >= 15 is 0 Å². The van der Waals surface area contributed by atoms with Crippen LogP contribution in [-0.2, 0) is 14.4 Å². The van der Waals surface area contributed by atoms with Crippen molar-refractivity contribution in [2.45, 2.75) is 31.6 Å². The Morgan fingerprint density at radius 1 is 1.36 bits per heavy atom. The van der Waals surface area contributed by atoms with Crippen LogP contribution in [0.5, 0.6) is 0 Å². The van der Waals surface area contributed by atoms with E-state index in [2.05, 4.69) is 5.32 Å². The van der Waals surface area contributed by atoms with Gasteiger partial charge in [-0.25, -0.2) is 4.39 Å². The molecular weight excluding hydrogens is 327 g/mol. The fraction of sp³-hybridized carbons (Fsp3) is 0.500. The van der Waals surface area contributed by atoms with Crippen molar-refractivity contribution in [1.82, 2.24) is 4.90 Å². The Kier molecular flexibility index (Phi) is 3.56. The first kappa shape index (κ1) is 16.1. The van der Waals surface area contributed by atoms with E-state index in [4.69, 9.17) is 0 Å². The number of rotatable bonds is 2. The fourth-order valence-electron chi connectivity index (χ4n) is 4.68. The Balaban J connectivity index is 1.62. The summed E-state index contributed by atoms with van der Waals surface area (Å²) in [5, 5.41) is 12.3. The minimum absolute atomic E-state index is 0.00129. The zero-order chi connectivity index (χ0) is 17.8. The van der Waals surface area contributed by atoms with Gasteiger partial charge in [-0.2, -0.15) is 0 Å². The predicted octanol–water partition coefficient (Wildman–Crippen LogP) is 1.96. The minimum atomic E-state index is -0.849. The molecule has 25 heavy (non-hydrogen) atoms. The van der Waals surface area contributed by atoms with Crippen LogP contribution in [0.15, 0.2) is 18.2 Å². The van der Waals surface area contributed by atoms with Crippen molar-refractivity contribution in [2.75, 3.05) is 18.4 Å². The molecule has 0 spiro atoms. The monoisotopic (exact) mass is 346 g/mol. The van der Waals surface area contributed by atoms with Crippen molar-refractivity contribution in [2.24, 2.45) is 11.3 Å². The summed E-state index contributed by atoms with van der Waals surface area (Å²) in [6.07, 6.45) is 2.26. The van der Waals surface area contributed by atoms with E-state index in [0.717, 1.165) is 12.8 Å². The number of benzene rings is 1. The Hall–Kier alpha value is -2.44. The number of fused-ring (bicyclic) bond motifs is 2. The average molecular weight is 346 g/mol. The lowest BCUT2D eigenvalue weighted by atomic mass is 9.81. The van der Waals surface area contributed by atoms with Crippen molar-refractivity contribution in [1.29, 1.82) is 0 Å². The molecule has 0 bridgehead atoms. The second-order valence-corrected chi connectivity index (χ2v) is 7.31. The van der Waals surface area contributed by atoms with Gasteiger partial charge in [-0.1, -0.05) is 12.5 Å². The second-order valence-electron chi connectivity index (χ2n) is 7.31. The number of carboxylic acid groups (broad SMARTS) is 1. The highest BCUT2D eigenvalue weighted by atomic mass is 19.1. The van der Waals surface area contributed by atoms with Gasteiger partial charge in [0, 0.05) is 25.2 Å². The number of amides is 2. The molecule has 1 unspecified atom stereocenters. The topological polar surface area (TPSA) is 86.7 Å². The number of carbonyl (C=O) groups excluding carboxylic acids is 2. The molecule has 7 heteroatoms. The van der Waals surface area contributed by atoms with E-state index in [0.29, 0.717) is 24.2 Å². The van der Waals surface area contributed by atoms with E-state index in [9.17, 15) is 23.9 Å². The molecule has 2 N–H and O–H groups in total. The molecule has 132 valence electrons. The maximum atomic E-state index is 13.4. The number of halogens is 1. The molecule has 2 fully saturated rings. The van der Waals surface area contributed by atoms with Crippen LogP contribution in [0, 0.1) is 17.2 Å². The third-order valence-corrected chi connectivity index (χ3v) is 5.96. The molecule has 0 radical (unpaired) electrons. The number of aliphatic carboxylic acids is 1. The largest absolute Gasteiger partial charge is 0.481 e. The molecule has 3 atom stereocenters. The van der Waals surface area contributed by atoms with Gasteiger partial charge >= 0.3 is 5.97 Å². The average Bonchev–Trinajstić information content (AvgIpc) is 3.11. The van der Waals surface area contributed by atoms with Gasteiger partial charge in [0.1, 0.15) is 5.82 Å². The summed E-state index contributed by atoms with van der Waals surface area (Å²) in [7, 11) is 0. The zero-order valence-electron chi connectivity index (χ0n) is 13.6. The molecule has 2 aliphatic heterocycles. The highest BCUT2D eigenvalue weighted by molar-refractivity contribution is 6.01. The van der Waals surface area contributed by atoms with Crippen LogP contribution < -0.4 is 5.32 Å². The number of hydrogen-bond donors (Lipinski definition) is 2. The third kappa shape index (κ3) is 2.41. The molecule has 3 aliphatic rings. The Morgan fingerprint density at radius 3 is 2.88 bits per heavy atom. The predicted molar refractivity (Wildman–Crippen MR) is 86.4 cm³/mol. The number of likely N-dealkylation sites (tertiary alicyclic amines) is 1. The summed E-state index contributed by atoms with van der Waals surface area (Å²) in [6, 6.07) is 4.01. The molecular formula is C18H19FN2O4. The molecule has 4 rings (SSSR count). The lowest BCUT2D eigenvalue weighted by molar-refractivity contribution is -0.149. The molecule has 1 aliphatic carbocycles. The molecule has 0 aromatic heterocycles. The number of carbonyl (C=O) groups is 3. The van der Waals surface area contributed by atoms with Crippen LogP contribution in [0.4, 0.5) is 10.1 Å². The highest BCUT2D eigenvalue weighted by Crippen LogP contribution is 2.49. The van der Waals surface area contributed by atoms with Gasteiger partial charge in [-0.15, -0.1) is 0 Å². The van der Waals surface area contributed by atoms with Gasteiger partial charge in [0.2, 0.25) is 11.8 Å². The van der Waals surface area contributed by atoms with Crippen LogP contribution in [-0.4, -0.2) is 40.9 Å². The maximum absolute atomic E-state index is 13.4. The minimum Gasteiger partial charge on any atom is -0.481 e. The van der Waals surface area contributed by atoms with Crippen molar-refractivity contribution in [3.8, 4) is 0 Å². The quantitative estimate of drug-likeness (QED) is 0.857. The standard InChI is InChI=1S/C18H19FN2O4/c19-11-3-4-12-13(7-15(22)20-14(12)6-11)16(23)21-8-10-2-1-5-18(10,9-21)17(24)25/h3-4,6,10,13H,1-2,5,7-9H2,(H,20,22)(H,24,25)/t10-,13?,18+/m0/s1. The smallest absolute Gasteiger partial charge is 0.311 e. The van der Waals surface area contributed by atoms with Crippen LogP contribution >= 0.6 is 0 Å². The van der Waals surface area contributed by atoms with Crippen molar-refractivity contribution < 1.29 is 23.9 Å². The molecule has 1 aromatic carbocycles. The van der Waals surface area contributed by atoms with Crippen LogP contribution in [0.1, 0.15) is 37.2 Å². The van der Waals surface area contributed by atoms with Crippen molar-refractivity contribution in [3.05, 3.63) is 29.6 Å². The molecule has 6 nitrogen and oxygen atoms in total. The van der Waals surface area contributed by atoms with Gasteiger partial charge in [-0.3, -0.25) is 14.4 Å². The lowest BCUT2D eigenvalue weighted by Gasteiger charge is -2.29. The second kappa shape index (κ2) is 5.54. The molecule has 1 saturated carbocycles. The molecule has 2 amide bonds. The van der Waals surface area contributed by atoms with Crippen molar-refractivity contribution >= 4 is 23.5 Å². The summed E-state index contributed by atoms with van der Waals surface area (Å²) in [6.45, 7) is 0.611. The normalized spacial score (nSPS) is 30.6. The Labute approximate surface area is 144 Å². The first-order chi connectivity index (χ1) is 11.9. The van der Waals surface area contributed by atoms with E-state index in [1.807, 2.05) is 0 Å². The van der Waals surface area contributed by atoms with Gasteiger partial charge in [0.15, 0.2) is 0 Å². The van der Waals surface area contributed by atoms with E-state index < -0.39 is 23.1 Å². The van der Waals surface area contributed by atoms with E-state index in [1.165, 1.54) is 18.2 Å². The first-order valence-corrected chi connectivity index (χ1v) is 8.52. The van der Waals surface area contributed by atoms with Crippen LogP contribution in [0.3, 0.4) is 0 Å². The summed E-state index contributed by atoms with van der Waals surface area (Å²) in [5.74, 6) is -2.60. The van der Waals surface area contributed by atoms with Crippen LogP contribution in [0.2, 0.25) is 0 Å². The Morgan fingerprint density at radius 2 is 2.16 bits per heavy atom. The molecule has 2 heterocycles. The summed E-state index contributed by atoms with van der Waals surface area (Å²) >= 11 is 0. The fourth-order valence-corrected chi connectivity index (χ4v) is 4.68. The summed E-state index contributed by atoms with van der Waals surface area (Å²) in [4.78, 5) is 38.4. The maximum Gasteiger partial charge on any atom is 0.311 e. The van der Waals surface area contributed by atoms with Crippen LogP contribution in [0.25, 0.3) is 0 Å². The summed E-state index contributed by atoms with van der Waals surface area (Å²) < 4.78 is 13.4. The SMILES string of the molecule is O=C1CC(C(=O)N2C[C@@H]3CCC[C@@]3(C(=O)O)C2)c2ccc(F)cc2N1. The van der Waals surface area contributed by atoms with Gasteiger partial charge in [0.25, 0.3) is 0 Å². The lowest BCUT2D eigenvalue weighted by Crippen LogP contribution is -2.40. The summed E-state index contributed by atoms with van der Waals surface area (Å²) in [5.41, 5.74) is 0.0625. The highest BCUT2D eigenvalue weighted by Gasteiger charge is 2.56. The van der Waals surface area contributed by atoms with Gasteiger partial charge in [0.05, 0.1) is 11.3 Å².